The van der Waals surface area contributed by atoms with Crippen LogP contribution in [-0.2, 0) is 11.3 Å². The fraction of sp³-hybridized carbons (Fsp3) is 0.375. The summed E-state index contributed by atoms with van der Waals surface area (Å²) in [5.74, 6) is 0.161. The molecule has 0 aliphatic rings. The molecule has 124 valence electrons. The predicted molar refractivity (Wildman–Crippen MR) is 85.8 cm³/mol. The molecule has 0 aliphatic heterocycles. The minimum Gasteiger partial charge on any atom is -0.383 e. The zero-order valence-corrected chi connectivity index (χ0v) is 13.5. The van der Waals surface area contributed by atoms with Crippen molar-refractivity contribution in [1.29, 1.82) is 0 Å². The summed E-state index contributed by atoms with van der Waals surface area (Å²) < 4.78 is 20.2. The first-order valence-corrected chi connectivity index (χ1v) is 7.35. The van der Waals surface area contributed by atoms with E-state index in [1.807, 2.05) is 0 Å². The Balaban J connectivity index is 1.90. The average Bonchev–Trinajstić information content (AvgIpc) is 2.95. The molecule has 1 aromatic carbocycles. The highest BCUT2D eigenvalue weighted by atomic mass is 19.1. The third-order valence-electron chi connectivity index (χ3n) is 3.45. The lowest BCUT2D eigenvalue weighted by Crippen LogP contribution is -2.31. The van der Waals surface area contributed by atoms with Crippen LogP contribution < -0.4 is 10.6 Å². The van der Waals surface area contributed by atoms with E-state index in [-0.39, 0.29) is 11.9 Å². The molecule has 2 rings (SSSR count). The van der Waals surface area contributed by atoms with Crippen molar-refractivity contribution in [2.75, 3.05) is 19.0 Å². The lowest BCUT2D eigenvalue weighted by Gasteiger charge is -2.15. The Morgan fingerprint density at radius 3 is 2.91 bits per heavy atom. The summed E-state index contributed by atoms with van der Waals surface area (Å²) in [6.45, 7) is 4.65. The normalized spacial score (nSPS) is 12.0. The molecule has 2 aromatic rings. The molecule has 0 bridgehead atoms. The second kappa shape index (κ2) is 7.73. The number of nitrogens with zero attached hydrogens (tertiary/aromatic N) is 2. The van der Waals surface area contributed by atoms with Crippen molar-refractivity contribution in [3.63, 3.8) is 0 Å². The zero-order chi connectivity index (χ0) is 16.8. The molecule has 0 radical (unpaired) electrons. The second-order valence-corrected chi connectivity index (χ2v) is 5.29. The van der Waals surface area contributed by atoms with Gasteiger partial charge in [-0.2, -0.15) is 5.10 Å². The van der Waals surface area contributed by atoms with Gasteiger partial charge in [0.05, 0.1) is 19.2 Å². The molecular formula is C16H21FN4O2. The van der Waals surface area contributed by atoms with Gasteiger partial charge in [-0.3, -0.25) is 10.00 Å². The fourth-order valence-corrected chi connectivity index (χ4v) is 2.05. The van der Waals surface area contributed by atoms with Crippen LogP contribution in [0.4, 0.5) is 15.0 Å². The van der Waals surface area contributed by atoms with Crippen LogP contribution in [0.1, 0.15) is 24.1 Å². The number of benzene rings is 1. The number of hydrogen-bond donors (Lipinski definition) is 2. The number of halogens is 1. The number of aryl methyl sites for hydroxylation is 1. The van der Waals surface area contributed by atoms with Crippen LogP contribution in [0.3, 0.4) is 0 Å². The quantitative estimate of drug-likeness (QED) is 0.860. The van der Waals surface area contributed by atoms with Gasteiger partial charge in [0.1, 0.15) is 5.82 Å². The molecule has 0 saturated carbocycles. The average molecular weight is 320 g/mol. The van der Waals surface area contributed by atoms with Gasteiger partial charge >= 0.3 is 6.03 Å². The van der Waals surface area contributed by atoms with Crippen LogP contribution in [0, 0.1) is 12.7 Å². The van der Waals surface area contributed by atoms with Crippen molar-refractivity contribution >= 4 is 11.8 Å². The summed E-state index contributed by atoms with van der Waals surface area (Å²) in [6.07, 6.45) is 1.76. The van der Waals surface area contributed by atoms with Gasteiger partial charge in [0.2, 0.25) is 0 Å². The molecule has 7 heteroatoms. The monoisotopic (exact) mass is 320 g/mol. The number of urea groups is 1. The lowest BCUT2D eigenvalue weighted by atomic mass is 10.1. The molecule has 0 saturated heterocycles. The molecule has 0 unspecified atom stereocenters. The predicted octanol–water partition coefficient (Wildman–Crippen LogP) is 2.86. The topological polar surface area (TPSA) is 68.2 Å². The third kappa shape index (κ3) is 4.79. The van der Waals surface area contributed by atoms with Gasteiger partial charge in [-0.25, -0.2) is 9.18 Å². The van der Waals surface area contributed by atoms with Crippen molar-refractivity contribution in [3.8, 4) is 0 Å². The smallest absolute Gasteiger partial charge is 0.320 e. The van der Waals surface area contributed by atoms with Gasteiger partial charge < -0.3 is 10.1 Å². The van der Waals surface area contributed by atoms with Gasteiger partial charge in [-0.15, -0.1) is 0 Å². The van der Waals surface area contributed by atoms with E-state index in [9.17, 15) is 9.18 Å². The Kier molecular flexibility index (Phi) is 5.70. The Morgan fingerprint density at radius 1 is 1.43 bits per heavy atom. The van der Waals surface area contributed by atoms with E-state index < -0.39 is 6.03 Å². The summed E-state index contributed by atoms with van der Waals surface area (Å²) in [6, 6.07) is 5.91. The van der Waals surface area contributed by atoms with Crippen molar-refractivity contribution in [2.45, 2.75) is 26.4 Å². The Labute approximate surface area is 134 Å². The Hall–Kier alpha value is -2.41. The van der Waals surface area contributed by atoms with E-state index in [4.69, 9.17) is 4.74 Å². The highest BCUT2D eigenvalue weighted by Gasteiger charge is 2.12. The van der Waals surface area contributed by atoms with Gasteiger partial charge in [0.25, 0.3) is 0 Å². The number of anilines is 1. The number of amides is 2. The van der Waals surface area contributed by atoms with Crippen molar-refractivity contribution in [1.82, 2.24) is 15.1 Å². The molecule has 6 nitrogen and oxygen atoms in total. The largest absolute Gasteiger partial charge is 0.383 e. The third-order valence-corrected chi connectivity index (χ3v) is 3.45. The number of ether oxygens (including phenoxy) is 1. The summed E-state index contributed by atoms with van der Waals surface area (Å²) in [5, 5.41) is 9.60. The number of hydrogen-bond acceptors (Lipinski definition) is 3. The molecule has 23 heavy (non-hydrogen) atoms. The molecule has 1 aromatic heterocycles. The van der Waals surface area contributed by atoms with E-state index in [1.54, 1.807) is 50.0 Å². The van der Waals surface area contributed by atoms with Crippen molar-refractivity contribution < 1.29 is 13.9 Å². The van der Waals surface area contributed by atoms with E-state index in [0.29, 0.717) is 30.1 Å². The Bertz CT molecular complexity index is 672. The maximum Gasteiger partial charge on any atom is 0.320 e. The van der Waals surface area contributed by atoms with Crippen LogP contribution in [0.5, 0.6) is 0 Å². The first-order chi connectivity index (χ1) is 11.0. The van der Waals surface area contributed by atoms with Crippen LogP contribution in [0.15, 0.2) is 30.5 Å². The maximum atomic E-state index is 13.6. The van der Waals surface area contributed by atoms with Gasteiger partial charge in [0, 0.05) is 19.4 Å². The number of nitrogens with one attached hydrogen (secondary N) is 2. The molecule has 0 aliphatic carbocycles. The summed E-state index contributed by atoms with van der Waals surface area (Å²) in [5.41, 5.74) is 1.28. The van der Waals surface area contributed by atoms with Gasteiger partial charge in [0.15, 0.2) is 5.82 Å². The fourth-order valence-electron chi connectivity index (χ4n) is 2.05. The van der Waals surface area contributed by atoms with E-state index >= 15 is 0 Å². The molecule has 1 heterocycles. The van der Waals surface area contributed by atoms with Gasteiger partial charge in [-0.1, -0.05) is 12.1 Å². The summed E-state index contributed by atoms with van der Waals surface area (Å²) in [7, 11) is 1.62. The van der Waals surface area contributed by atoms with Crippen LogP contribution in [0.2, 0.25) is 0 Å². The zero-order valence-electron chi connectivity index (χ0n) is 13.5. The number of methoxy groups -OCH3 is 1. The standard InChI is InChI=1S/C16H21FN4O2/c1-11-4-5-13(10-14(11)17)12(2)18-16(22)19-15-6-7-21(20-15)8-9-23-3/h4-7,10,12H,8-9H2,1-3H3,(H2,18,19,20,22)/t12-/m1/s1. The van der Waals surface area contributed by atoms with Crippen LogP contribution in [-0.4, -0.2) is 29.5 Å². The SMILES string of the molecule is COCCn1ccc(NC(=O)N[C@H](C)c2ccc(C)c(F)c2)n1. The van der Waals surface area contributed by atoms with Crippen LogP contribution in [0.25, 0.3) is 0 Å². The molecule has 2 amide bonds. The minimum absolute atomic E-state index is 0.284. The molecule has 0 fully saturated rings. The lowest BCUT2D eigenvalue weighted by molar-refractivity contribution is 0.183. The number of aromatic nitrogens is 2. The number of carbonyl (C=O) groups excluding carboxylic acids is 1. The van der Waals surface area contributed by atoms with E-state index in [1.165, 1.54) is 6.07 Å². The summed E-state index contributed by atoms with van der Waals surface area (Å²) in [4.78, 5) is 12.0. The molecular weight excluding hydrogens is 299 g/mol. The second-order valence-electron chi connectivity index (χ2n) is 5.29. The molecule has 0 spiro atoms. The number of rotatable bonds is 6. The Morgan fingerprint density at radius 2 is 2.22 bits per heavy atom. The number of carbonyl (C=O) groups is 1. The highest BCUT2D eigenvalue weighted by molar-refractivity contribution is 5.88. The molecule has 1 atom stereocenters. The first-order valence-electron chi connectivity index (χ1n) is 7.35. The summed E-state index contributed by atoms with van der Waals surface area (Å²) >= 11 is 0. The highest BCUT2D eigenvalue weighted by Crippen LogP contribution is 2.16. The first kappa shape index (κ1) is 17.0. The van der Waals surface area contributed by atoms with E-state index in [2.05, 4.69) is 15.7 Å². The van der Waals surface area contributed by atoms with E-state index in [0.717, 1.165) is 0 Å². The van der Waals surface area contributed by atoms with Crippen molar-refractivity contribution in [2.24, 2.45) is 0 Å². The van der Waals surface area contributed by atoms with Crippen LogP contribution >= 0.6 is 0 Å². The molecule has 2 N–H and O–H groups in total. The van der Waals surface area contributed by atoms with Crippen molar-refractivity contribution in [3.05, 3.63) is 47.4 Å². The minimum atomic E-state index is -0.393. The maximum absolute atomic E-state index is 13.6. The van der Waals surface area contributed by atoms with Gasteiger partial charge in [-0.05, 0) is 31.0 Å².